The summed E-state index contributed by atoms with van der Waals surface area (Å²) in [6.45, 7) is 1.68. The standard InChI is InChI=1S/C19H18F4O3/c1-2-26-18(25)16(17(24)13-4-3-5-15(20)11-13)10-12-6-8-14(9-7-12)19(21,22)23/h3-9,11,16-17,24H,2,10H2,1H3. The van der Waals surface area contributed by atoms with Gasteiger partial charge in [0.1, 0.15) is 5.82 Å². The van der Waals surface area contributed by atoms with Crippen molar-refractivity contribution in [2.45, 2.75) is 25.6 Å². The van der Waals surface area contributed by atoms with E-state index >= 15 is 0 Å². The first-order valence-electron chi connectivity index (χ1n) is 7.98. The Balaban J connectivity index is 2.26. The van der Waals surface area contributed by atoms with Gasteiger partial charge in [0.15, 0.2) is 0 Å². The van der Waals surface area contributed by atoms with E-state index in [1.54, 1.807) is 6.92 Å². The molecule has 0 aliphatic heterocycles. The van der Waals surface area contributed by atoms with Crippen molar-refractivity contribution in [1.82, 2.24) is 0 Å². The maximum absolute atomic E-state index is 13.4. The molecule has 140 valence electrons. The molecule has 7 heteroatoms. The van der Waals surface area contributed by atoms with E-state index in [2.05, 4.69) is 0 Å². The minimum absolute atomic E-state index is 0.0470. The molecule has 0 spiro atoms. The summed E-state index contributed by atoms with van der Waals surface area (Å²) < 4.78 is 56.3. The van der Waals surface area contributed by atoms with Crippen LogP contribution in [0.15, 0.2) is 48.5 Å². The Morgan fingerprint density at radius 2 is 1.81 bits per heavy atom. The van der Waals surface area contributed by atoms with Crippen molar-refractivity contribution in [3.63, 3.8) is 0 Å². The molecule has 2 atom stereocenters. The molecule has 0 aliphatic rings. The summed E-state index contributed by atoms with van der Waals surface area (Å²) >= 11 is 0. The first-order chi connectivity index (χ1) is 12.2. The zero-order chi connectivity index (χ0) is 19.3. The minimum Gasteiger partial charge on any atom is -0.466 e. The van der Waals surface area contributed by atoms with Gasteiger partial charge in [0.25, 0.3) is 0 Å². The molecule has 0 saturated carbocycles. The Bertz CT molecular complexity index is 741. The number of rotatable bonds is 6. The fraction of sp³-hybridized carbons (Fsp3) is 0.316. The Hall–Kier alpha value is -2.41. The summed E-state index contributed by atoms with van der Waals surface area (Å²) in [5.41, 5.74) is -0.193. The minimum atomic E-state index is -4.46. The second kappa shape index (κ2) is 8.31. The second-order valence-electron chi connectivity index (χ2n) is 5.76. The Morgan fingerprint density at radius 1 is 1.15 bits per heavy atom. The van der Waals surface area contributed by atoms with Gasteiger partial charge in [0, 0.05) is 0 Å². The van der Waals surface area contributed by atoms with Crippen molar-refractivity contribution in [2.75, 3.05) is 6.61 Å². The third-order valence-electron chi connectivity index (χ3n) is 3.90. The van der Waals surface area contributed by atoms with E-state index in [-0.39, 0.29) is 18.6 Å². The number of aliphatic hydroxyl groups is 1. The van der Waals surface area contributed by atoms with Crippen LogP contribution in [0.25, 0.3) is 0 Å². The Labute approximate surface area is 148 Å². The van der Waals surface area contributed by atoms with Crippen LogP contribution in [-0.4, -0.2) is 17.7 Å². The van der Waals surface area contributed by atoms with Crippen LogP contribution in [0, 0.1) is 11.7 Å². The normalized spacial score (nSPS) is 13.9. The predicted molar refractivity (Wildman–Crippen MR) is 86.6 cm³/mol. The summed E-state index contributed by atoms with van der Waals surface area (Å²) in [6.07, 6.45) is -5.86. The Morgan fingerprint density at radius 3 is 2.35 bits per heavy atom. The van der Waals surface area contributed by atoms with Crippen molar-refractivity contribution >= 4 is 5.97 Å². The SMILES string of the molecule is CCOC(=O)C(Cc1ccc(C(F)(F)F)cc1)C(O)c1cccc(F)c1. The smallest absolute Gasteiger partial charge is 0.416 e. The lowest BCUT2D eigenvalue weighted by molar-refractivity contribution is -0.152. The molecule has 0 fully saturated rings. The van der Waals surface area contributed by atoms with Crippen molar-refractivity contribution in [2.24, 2.45) is 5.92 Å². The number of halogens is 4. The van der Waals surface area contributed by atoms with Gasteiger partial charge in [0.2, 0.25) is 0 Å². The number of aliphatic hydroxyl groups excluding tert-OH is 1. The Kier molecular flexibility index (Phi) is 6.37. The van der Waals surface area contributed by atoms with Gasteiger partial charge in [-0.2, -0.15) is 13.2 Å². The molecule has 3 nitrogen and oxygen atoms in total. The maximum atomic E-state index is 13.4. The molecule has 2 aromatic rings. The van der Waals surface area contributed by atoms with Crippen LogP contribution in [0.5, 0.6) is 0 Å². The molecule has 0 aromatic heterocycles. The molecule has 0 amide bonds. The molecular formula is C19H18F4O3. The van der Waals surface area contributed by atoms with Gasteiger partial charge in [-0.3, -0.25) is 4.79 Å². The largest absolute Gasteiger partial charge is 0.466 e. The van der Waals surface area contributed by atoms with Gasteiger partial charge in [-0.1, -0.05) is 24.3 Å². The van der Waals surface area contributed by atoms with Gasteiger partial charge in [0.05, 0.1) is 24.2 Å². The van der Waals surface area contributed by atoms with E-state index in [0.29, 0.717) is 5.56 Å². The van der Waals surface area contributed by atoms with E-state index < -0.39 is 35.5 Å². The summed E-state index contributed by atoms with van der Waals surface area (Å²) in [4.78, 5) is 12.2. The highest BCUT2D eigenvalue weighted by Crippen LogP contribution is 2.31. The van der Waals surface area contributed by atoms with E-state index in [1.807, 2.05) is 0 Å². The number of carbonyl (C=O) groups excluding carboxylic acids is 1. The first kappa shape index (κ1) is 19.9. The fourth-order valence-electron chi connectivity index (χ4n) is 2.58. The van der Waals surface area contributed by atoms with Crippen LogP contribution in [0.1, 0.15) is 29.7 Å². The molecule has 2 rings (SSSR count). The summed E-state index contributed by atoms with van der Waals surface area (Å²) in [5, 5.41) is 10.5. The van der Waals surface area contributed by atoms with Gasteiger partial charge in [-0.05, 0) is 48.7 Å². The van der Waals surface area contributed by atoms with Crippen molar-refractivity contribution in [3.05, 3.63) is 71.0 Å². The van der Waals surface area contributed by atoms with Gasteiger partial charge in [-0.25, -0.2) is 4.39 Å². The second-order valence-corrected chi connectivity index (χ2v) is 5.76. The third kappa shape index (κ3) is 5.05. The van der Waals surface area contributed by atoms with Crippen molar-refractivity contribution in [3.8, 4) is 0 Å². The molecule has 2 aromatic carbocycles. The van der Waals surface area contributed by atoms with Crippen LogP contribution in [0.4, 0.5) is 17.6 Å². The topological polar surface area (TPSA) is 46.5 Å². The van der Waals surface area contributed by atoms with Gasteiger partial charge in [-0.15, -0.1) is 0 Å². The van der Waals surface area contributed by atoms with Crippen LogP contribution >= 0.6 is 0 Å². The molecule has 26 heavy (non-hydrogen) atoms. The number of esters is 1. The van der Waals surface area contributed by atoms with Crippen molar-refractivity contribution in [1.29, 1.82) is 0 Å². The zero-order valence-electron chi connectivity index (χ0n) is 14.0. The lowest BCUT2D eigenvalue weighted by Gasteiger charge is -2.22. The van der Waals surface area contributed by atoms with Gasteiger partial charge < -0.3 is 9.84 Å². The lowest BCUT2D eigenvalue weighted by Crippen LogP contribution is -2.27. The van der Waals surface area contributed by atoms with E-state index in [9.17, 15) is 27.5 Å². The van der Waals surface area contributed by atoms with E-state index in [4.69, 9.17) is 4.74 Å². The fourth-order valence-corrected chi connectivity index (χ4v) is 2.58. The molecule has 0 bridgehead atoms. The average Bonchev–Trinajstić information content (AvgIpc) is 2.59. The van der Waals surface area contributed by atoms with Crippen LogP contribution in [0.3, 0.4) is 0 Å². The number of alkyl halides is 3. The highest BCUT2D eigenvalue weighted by atomic mass is 19.4. The predicted octanol–water partition coefficient (Wildman–Crippen LogP) is 4.30. The highest BCUT2D eigenvalue weighted by molar-refractivity contribution is 5.74. The monoisotopic (exact) mass is 370 g/mol. The van der Waals surface area contributed by atoms with Crippen LogP contribution in [0.2, 0.25) is 0 Å². The molecule has 1 N–H and O–H groups in total. The van der Waals surface area contributed by atoms with Gasteiger partial charge >= 0.3 is 12.1 Å². The molecule has 0 radical (unpaired) electrons. The quantitative estimate of drug-likeness (QED) is 0.609. The molecule has 0 aliphatic carbocycles. The van der Waals surface area contributed by atoms with Crippen molar-refractivity contribution < 1.29 is 32.2 Å². The average molecular weight is 370 g/mol. The third-order valence-corrected chi connectivity index (χ3v) is 3.90. The molecule has 0 saturated heterocycles. The summed E-state index contributed by atoms with van der Waals surface area (Å²) in [5.74, 6) is -2.35. The maximum Gasteiger partial charge on any atom is 0.416 e. The lowest BCUT2D eigenvalue weighted by atomic mass is 9.89. The number of carbonyl (C=O) groups is 1. The zero-order valence-corrected chi connectivity index (χ0v) is 14.0. The molecule has 0 heterocycles. The summed E-state index contributed by atoms with van der Waals surface area (Å²) in [6, 6.07) is 9.47. The highest BCUT2D eigenvalue weighted by Gasteiger charge is 2.32. The van der Waals surface area contributed by atoms with E-state index in [1.165, 1.54) is 30.3 Å². The number of benzene rings is 2. The van der Waals surface area contributed by atoms with Crippen LogP contribution in [-0.2, 0) is 22.1 Å². The van der Waals surface area contributed by atoms with E-state index in [0.717, 1.165) is 18.2 Å². The van der Waals surface area contributed by atoms with Crippen LogP contribution < -0.4 is 0 Å². The number of hydrogen-bond donors (Lipinski definition) is 1. The molecule has 2 unspecified atom stereocenters. The first-order valence-corrected chi connectivity index (χ1v) is 7.98. The molecular weight excluding hydrogens is 352 g/mol. The summed E-state index contributed by atoms with van der Waals surface area (Å²) in [7, 11) is 0. The number of hydrogen-bond acceptors (Lipinski definition) is 3. The number of ether oxygens (including phenoxy) is 1.